The summed E-state index contributed by atoms with van der Waals surface area (Å²) in [4.78, 5) is 47.1. The van der Waals surface area contributed by atoms with Gasteiger partial charge in [-0.1, -0.05) is 0 Å². The predicted molar refractivity (Wildman–Crippen MR) is 87.0 cm³/mol. The zero-order chi connectivity index (χ0) is 21.3. The van der Waals surface area contributed by atoms with Crippen LogP contribution in [0, 0.1) is 12.0 Å². The van der Waals surface area contributed by atoms with E-state index in [1.807, 2.05) is 0 Å². The fourth-order valence-corrected chi connectivity index (χ4v) is 2.93. The van der Waals surface area contributed by atoms with Gasteiger partial charge in [-0.2, -0.15) is 18.7 Å². The van der Waals surface area contributed by atoms with Crippen molar-refractivity contribution >= 4 is 29.1 Å². The molecule has 1 aliphatic heterocycles. The van der Waals surface area contributed by atoms with E-state index in [1.54, 1.807) is 0 Å². The minimum absolute atomic E-state index is 0.0764. The number of hydrogen-bond donors (Lipinski definition) is 1. The highest BCUT2D eigenvalue weighted by Crippen LogP contribution is 2.37. The number of aromatic nitrogens is 4. The van der Waals surface area contributed by atoms with Crippen LogP contribution in [0.25, 0.3) is 11.2 Å². The molecule has 1 N–H and O–H groups in total. The van der Waals surface area contributed by atoms with E-state index in [-0.39, 0.29) is 23.6 Å². The molecule has 156 valence electrons. The van der Waals surface area contributed by atoms with Crippen LogP contribution in [0.3, 0.4) is 0 Å². The molecule has 1 aliphatic rings. The van der Waals surface area contributed by atoms with Crippen molar-refractivity contribution in [1.82, 2.24) is 19.9 Å². The van der Waals surface area contributed by atoms with Crippen LogP contribution in [0.2, 0.25) is 0 Å². The number of carbonyl (C=O) groups excluding carboxylic acids is 3. The Bertz CT molecular complexity index is 966. The molecule has 0 aliphatic carbocycles. The van der Waals surface area contributed by atoms with Gasteiger partial charge in [-0.15, -0.1) is 0 Å². The molecule has 1 saturated heterocycles. The lowest BCUT2D eigenvalue weighted by atomic mass is 10.1. The first kappa shape index (κ1) is 20.5. The van der Waals surface area contributed by atoms with Crippen molar-refractivity contribution in [2.45, 2.75) is 45.2 Å². The van der Waals surface area contributed by atoms with Gasteiger partial charge in [0.05, 0.1) is 0 Å². The van der Waals surface area contributed by atoms with Crippen molar-refractivity contribution in [2.75, 3.05) is 6.61 Å². The zero-order valence-corrected chi connectivity index (χ0v) is 15.5. The van der Waals surface area contributed by atoms with Gasteiger partial charge >= 0.3 is 24.0 Å². The van der Waals surface area contributed by atoms with E-state index in [1.165, 1.54) is 6.92 Å². The number of aromatic amines is 1. The number of nitrogens with zero attached hydrogens (tertiary/aromatic N) is 3. The zero-order valence-electron chi connectivity index (χ0n) is 15.5. The Morgan fingerprint density at radius 2 is 1.66 bits per heavy atom. The van der Waals surface area contributed by atoms with E-state index in [2.05, 4.69) is 19.9 Å². The van der Waals surface area contributed by atoms with Crippen LogP contribution in [0.4, 0.5) is 8.78 Å². The minimum Gasteiger partial charge on any atom is -0.463 e. The maximum atomic E-state index is 13.9. The Labute approximate surface area is 161 Å². The summed E-state index contributed by atoms with van der Waals surface area (Å²) >= 11 is 0. The average Bonchev–Trinajstić information content (AvgIpc) is 3.15. The van der Waals surface area contributed by atoms with Crippen molar-refractivity contribution in [2.24, 2.45) is 0 Å². The second kappa shape index (κ2) is 8.03. The number of carbonyl (C=O) groups is 3. The van der Waals surface area contributed by atoms with E-state index < -0.39 is 54.3 Å². The Balaban J connectivity index is 2.00. The van der Waals surface area contributed by atoms with Crippen LogP contribution in [0.15, 0.2) is 0 Å². The molecule has 13 heteroatoms. The number of halogens is 2. The lowest BCUT2D eigenvalue weighted by Crippen LogP contribution is -2.40. The van der Waals surface area contributed by atoms with Crippen molar-refractivity contribution in [1.29, 1.82) is 0 Å². The SMILES string of the molecule is CC(=O)OC[C@H]1OC(c2nc3nc(F)nc(F)c3[nH]2)[C@H](OC(C)=O)[C@@H]1OC(C)=O. The molecule has 3 rings (SSSR count). The molecular weight excluding hydrogens is 398 g/mol. The quantitative estimate of drug-likeness (QED) is 0.318. The summed E-state index contributed by atoms with van der Waals surface area (Å²) in [6.07, 6.45) is -5.87. The Morgan fingerprint density at radius 3 is 2.28 bits per heavy atom. The van der Waals surface area contributed by atoms with E-state index in [9.17, 15) is 23.2 Å². The number of imidazole rings is 1. The average molecular weight is 414 g/mol. The Kier molecular flexibility index (Phi) is 5.68. The number of esters is 3. The first-order valence-electron chi connectivity index (χ1n) is 8.37. The third-order valence-corrected chi connectivity index (χ3v) is 3.93. The monoisotopic (exact) mass is 414 g/mol. The molecule has 0 saturated carbocycles. The van der Waals surface area contributed by atoms with Crippen molar-refractivity contribution < 1.29 is 42.1 Å². The van der Waals surface area contributed by atoms with Gasteiger partial charge in [0.25, 0.3) is 0 Å². The lowest BCUT2D eigenvalue weighted by molar-refractivity contribution is -0.165. The molecule has 1 unspecified atom stereocenters. The van der Waals surface area contributed by atoms with E-state index in [4.69, 9.17) is 18.9 Å². The second-order valence-corrected chi connectivity index (χ2v) is 6.15. The van der Waals surface area contributed by atoms with Gasteiger partial charge in [-0.3, -0.25) is 14.4 Å². The van der Waals surface area contributed by atoms with Gasteiger partial charge in [0.1, 0.15) is 24.1 Å². The number of nitrogens with one attached hydrogen (secondary N) is 1. The molecule has 0 aromatic carbocycles. The first-order chi connectivity index (χ1) is 13.7. The molecule has 4 atom stereocenters. The van der Waals surface area contributed by atoms with Gasteiger partial charge in [0.15, 0.2) is 24.0 Å². The lowest BCUT2D eigenvalue weighted by Gasteiger charge is -2.22. The van der Waals surface area contributed by atoms with Crippen molar-refractivity contribution in [3.05, 3.63) is 17.9 Å². The second-order valence-electron chi connectivity index (χ2n) is 6.15. The highest BCUT2D eigenvalue weighted by atomic mass is 19.1. The third-order valence-electron chi connectivity index (χ3n) is 3.93. The van der Waals surface area contributed by atoms with Crippen LogP contribution in [0.5, 0.6) is 0 Å². The van der Waals surface area contributed by atoms with Crippen molar-refractivity contribution in [3.8, 4) is 0 Å². The first-order valence-corrected chi connectivity index (χ1v) is 8.37. The maximum Gasteiger partial charge on any atom is 0.313 e. The number of hydrogen-bond acceptors (Lipinski definition) is 10. The van der Waals surface area contributed by atoms with Gasteiger partial charge in [0, 0.05) is 20.8 Å². The number of ether oxygens (including phenoxy) is 4. The molecule has 2 aromatic rings. The standard InChI is InChI=1S/C16H16F2N4O7/c1-5(23)26-4-8-10(27-6(2)24)11(28-7(3)25)12(29-8)15-19-9-13(17)20-16(18)22-14(9)21-15/h8,10-12H,4H2,1-3H3,(H,19,20,21,22)/t8-,10-,11-,12?/m1/s1. The van der Waals surface area contributed by atoms with Crippen LogP contribution in [0.1, 0.15) is 32.7 Å². The highest BCUT2D eigenvalue weighted by Gasteiger charge is 2.51. The largest absolute Gasteiger partial charge is 0.463 e. The topological polar surface area (TPSA) is 143 Å². The summed E-state index contributed by atoms with van der Waals surface area (Å²) < 4.78 is 48.2. The highest BCUT2D eigenvalue weighted by molar-refractivity contribution is 5.70. The van der Waals surface area contributed by atoms with Gasteiger partial charge in [0.2, 0.25) is 5.95 Å². The van der Waals surface area contributed by atoms with Crippen molar-refractivity contribution in [3.63, 3.8) is 0 Å². The Hall–Kier alpha value is -3.22. The molecule has 0 bridgehead atoms. The molecule has 1 fully saturated rings. The van der Waals surface area contributed by atoms with Gasteiger partial charge in [-0.25, -0.2) is 4.98 Å². The van der Waals surface area contributed by atoms with Crippen LogP contribution in [-0.4, -0.2) is 62.8 Å². The molecule has 11 nitrogen and oxygen atoms in total. The van der Waals surface area contributed by atoms with Crippen LogP contribution in [-0.2, 0) is 33.3 Å². The van der Waals surface area contributed by atoms with Crippen LogP contribution < -0.4 is 0 Å². The summed E-state index contributed by atoms with van der Waals surface area (Å²) in [7, 11) is 0. The Morgan fingerprint density at radius 1 is 1.00 bits per heavy atom. The van der Waals surface area contributed by atoms with Gasteiger partial charge < -0.3 is 23.9 Å². The molecule has 0 radical (unpaired) electrons. The number of rotatable bonds is 5. The molecule has 2 aromatic heterocycles. The van der Waals surface area contributed by atoms with E-state index in [0.717, 1.165) is 13.8 Å². The smallest absolute Gasteiger partial charge is 0.313 e. The minimum atomic E-state index is -1.32. The fraction of sp³-hybridized carbons (Fsp3) is 0.500. The molecule has 29 heavy (non-hydrogen) atoms. The van der Waals surface area contributed by atoms with Crippen LogP contribution >= 0.6 is 0 Å². The molecular formula is C16H16F2N4O7. The third kappa shape index (κ3) is 4.45. The summed E-state index contributed by atoms with van der Waals surface area (Å²) in [6, 6.07) is 0. The number of H-pyrrole nitrogens is 1. The normalized spacial score (nSPS) is 23.8. The summed E-state index contributed by atoms with van der Waals surface area (Å²) in [5.74, 6) is -3.29. The predicted octanol–water partition coefficient (Wildman–Crippen LogP) is 0.497. The van der Waals surface area contributed by atoms with Gasteiger partial charge in [-0.05, 0) is 0 Å². The summed E-state index contributed by atoms with van der Waals surface area (Å²) in [6.45, 7) is 3.12. The molecule has 3 heterocycles. The molecule has 0 amide bonds. The maximum absolute atomic E-state index is 13.9. The van der Waals surface area contributed by atoms with E-state index >= 15 is 0 Å². The summed E-state index contributed by atoms with van der Waals surface area (Å²) in [5, 5.41) is 0. The summed E-state index contributed by atoms with van der Waals surface area (Å²) in [5.41, 5.74) is -0.610. The number of fused-ring (bicyclic) bond motifs is 1. The fourth-order valence-electron chi connectivity index (χ4n) is 2.93. The van der Waals surface area contributed by atoms with E-state index in [0.29, 0.717) is 0 Å². The molecule has 0 spiro atoms.